The van der Waals surface area contributed by atoms with Crippen molar-refractivity contribution in [3.8, 4) is 17.4 Å². The zero-order valence-electron chi connectivity index (χ0n) is 14.9. The van der Waals surface area contributed by atoms with Crippen molar-refractivity contribution in [2.45, 2.75) is 13.8 Å². The number of halogens is 2. The smallest absolute Gasteiger partial charge is 0.252 e. The van der Waals surface area contributed by atoms with Crippen LogP contribution in [0.25, 0.3) is 16.9 Å². The zero-order chi connectivity index (χ0) is 19.8. The molecule has 0 aliphatic carbocycles. The maximum atomic E-state index is 14.7. The van der Waals surface area contributed by atoms with Gasteiger partial charge >= 0.3 is 0 Å². The van der Waals surface area contributed by atoms with E-state index >= 15 is 0 Å². The van der Waals surface area contributed by atoms with Crippen LogP contribution < -0.4 is 4.74 Å². The van der Waals surface area contributed by atoms with Gasteiger partial charge in [-0.15, -0.1) is 0 Å². The van der Waals surface area contributed by atoms with Gasteiger partial charge in [0.05, 0.1) is 17.3 Å². The van der Waals surface area contributed by atoms with Crippen LogP contribution in [0.15, 0.2) is 42.7 Å². The Morgan fingerprint density at radius 1 is 1.18 bits per heavy atom. The fraction of sp³-hybridized carbons (Fsp3) is 0.100. The van der Waals surface area contributed by atoms with Crippen LogP contribution in [-0.4, -0.2) is 26.0 Å². The van der Waals surface area contributed by atoms with Crippen LogP contribution >= 0.6 is 11.6 Å². The molecule has 0 aliphatic heterocycles. The first-order valence-corrected chi connectivity index (χ1v) is 8.68. The van der Waals surface area contributed by atoms with Crippen molar-refractivity contribution in [3.05, 3.63) is 70.4 Å². The van der Waals surface area contributed by atoms with Crippen molar-refractivity contribution < 1.29 is 13.9 Å². The van der Waals surface area contributed by atoms with E-state index in [1.165, 1.54) is 29.2 Å². The van der Waals surface area contributed by atoms with Crippen molar-refractivity contribution >= 4 is 28.8 Å². The lowest BCUT2D eigenvalue weighted by atomic mass is 10.1. The Hall–Kier alpha value is -3.32. The first kappa shape index (κ1) is 18.1. The van der Waals surface area contributed by atoms with Crippen LogP contribution in [-0.2, 0) is 4.79 Å². The number of hydrogen-bond donors (Lipinski definition) is 0. The number of aromatic nitrogens is 4. The summed E-state index contributed by atoms with van der Waals surface area (Å²) < 4.78 is 21.8. The molecule has 139 valence electrons. The molecule has 4 aromatic rings. The number of aryl methyl sites for hydroxylation is 2. The van der Waals surface area contributed by atoms with Crippen LogP contribution in [0, 0.1) is 19.7 Å². The minimum atomic E-state index is -0.585. The number of hydrogen-bond acceptors (Lipinski definition) is 5. The lowest BCUT2D eigenvalue weighted by Gasteiger charge is -2.13. The molecule has 0 atom stereocenters. The second-order valence-electron chi connectivity index (χ2n) is 6.21. The molecule has 0 unspecified atom stereocenters. The molecule has 2 heterocycles. The molecule has 28 heavy (non-hydrogen) atoms. The summed E-state index contributed by atoms with van der Waals surface area (Å²) in [5.41, 5.74) is 2.30. The van der Waals surface area contributed by atoms with Gasteiger partial charge in [-0.2, -0.15) is 10.1 Å². The molecule has 0 N–H and O–H groups in total. The number of carbonyl (C=O) groups excluding carboxylic acids is 1. The number of rotatable bonds is 4. The molecule has 0 saturated carbocycles. The fourth-order valence-electron chi connectivity index (χ4n) is 2.82. The average molecular weight is 396 g/mol. The largest absolute Gasteiger partial charge is 0.454 e. The topological polar surface area (TPSA) is 69.9 Å². The van der Waals surface area contributed by atoms with Crippen molar-refractivity contribution in [1.82, 2.24) is 19.7 Å². The van der Waals surface area contributed by atoms with Crippen LogP contribution in [0.1, 0.15) is 16.7 Å². The lowest BCUT2D eigenvalue weighted by molar-refractivity contribution is 0.438. The number of nitrogens with zero attached hydrogens (tertiary/aromatic N) is 4. The summed E-state index contributed by atoms with van der Waals surface area (Å²) in [4.78, 5) is 19.2. The van der Waals surface area contributed by atoms with Crippen molar-refractivity contribution in [2.75, 3.05) is 0 Å². The Balaban J connectivity index is 1.79. The van der Waals surface area contributed by atoms with Gasteiger partial charge in [-0.05, 0) is 31.0 Å². The fourth-order valence-corrected chi connectivity index (χ4v) is 3.04. The molecular weight excluding hydrogens is 383 g/mol. The number of benzene rings is 2. The monoisotopic (exact) mass is 395 g/mol. The molecule has 4 rings (SSSR count). The molecule has 2 aromatic heterocycles. The quantitative estimate of drug-likeness (QED) is 0.477. The molecule has 0 aliphatic rings. The number of fused-ring (bicyclic) bond motifs is 1. The summed E-state index contributed by atoms with van der Waals surface area (Å²) in [7, 11) is 0. The van der Waals surface area contributed by atoms with E-state index in [0.29, 0.717) is 11.1 Å². The standard InChI is InChI=1S/C20H13ClFN4O2/c1-11-4-3-5-12(2)18(11)28-17-6-14-16(7-15(17)22)24-20(25-19(14)21)26-9-13(10-27)8-23-26/h3-9H,1-2H3. The predicted octanol–water partition coefficient (Wildman–Crippen LogP) is 4.47. The van der Waals surface area contributed by atoms with Gasteiger partial charge < -0.3 is 4.74 Å². The highest BCUT2D eigenvalue weighted by Crippen LogP contribution is 2.34. The van der Waals surface area contributed by atoms with Gasteiger partial charge in [0.2, 0.25) is 6.29 Å². The van der Waals surface area contributed by atoms with Gasteiger partial charge in [-0.1, -0.05) is 29.8 Å². The Labute approximate surface area is 164 Å². The summed E-state index contributed by atoms with van der Waals surface area (Å²) >= 11 is 6.30. The molecule has 0 fully saturated rings. The third-order valence-corrected chi connectivity index (χ3v) is 4.51. The van der Waals surface area contributed by atoms with Crippen LogP contribution in [0.4, 0.5) is 4.39 Å². The summed E-state index contributed by atoms with van der Waals surface area (Å²) in [6, 6.07) is 8.38. The molecule has 0 saturated heterocycles. The molecular formula is C20H13ClFN4O2. The minimum absolute atomic E-state index is 0.0279. The SMILES string of the molecule is Cc1cccc(C)c1Oc1cc2c(Cl)nc(-n3cc([C]=O)cn3)nc2cc1F. The van der Waals surface area contributed by atoms with E-state index in [9.17, 15) is 9.18 Å². The molecule has 1 radical (unpaired) electrons. The second-order valence-corrected chi connectivity index (χ2v) is 6.57. The summed E-state index contributed by atoms with van der Waals surface area (Å²) in [6.45, 7) is 3.78. The second kappa shape index (κ2) is 7.01. The summed E-state index contributed by atoms with van der Waals surface area (Å²) in [6.07, 6.45) is 4.44. The van der Waals surface area contributed by atoms with Gasteiger partial charge in [0.25, 0.3) is 5.95 Å². The third kappa shape index (κ3) is 3.20. The molecule has 8 heteroatoms. The average Bonchev–Trinajstić information content (AvgIpc) is 3.14. The molecule has 0 spiro atoms. The maximum Gasteiger partial charge on any atom is 0.252 e. The molecule has 0 bridgehead atoms. The van der Waals surface area contributed by atoms with E-state index in [1.807, 2.05) is 32.0 Å². The third-order valence-electron chi connectivity index (χ3n) is 4.22. The van der Waals surface area contributed by atoms with Gasteiger partial charge in [0.1, 0.15) is 10.9 Å². The first-order valence-electron chi connectivity index (χ1n) is 8.30. The Bertz CT molecular complexity index is 1200. The van der Waals surface area contributed by atoms with Crippen molar-refractivity contribution in [2.24, 2.45) is 0 Å². The lowest BCUT2D eigenvalue weighted by Crippen LogP contribution is -2.03. The van der Waals surface area contributed by atoms with E-state index < -0.39 is 5.82 Å². The zero-order valence-corrected chi connectivity index (χ0v) is 15.7. The Morgan fingerprint density at radius 3 is 2.61 bits per heavy atom. The summed E-state index contributed by atoms with van der Waals surface area (Å²) in [5.74, 6) is 0.142. The van der Waals surface area contributed by atoms with E-state index in [2.05, 4.69) is 15.1 Å². The van der Waals surface area contributed by atoms with Gasteiger partial charge in [-0.25, -0.2) is 14.1 Å². The summed E-state index contributed by atoms with van der Waals surface area (Å²) in [5, 5.41) is 4.51. The first-order chi connectivity index (χ1) is 13.5. The highest BCUT2D eigenvalue weighted by Gasteiger charge is 2.15. The Morgan fingerprint density at radius 2 is 1.93 bits per heavy atom. The molecule has 2 aromatic carbocycles. The van der Waals surface area contributed by atoms with E-state index in [-0.39, 0.29) is 27.9 Å². The van der Waals surface area contributed by atoms with Gasteiger partial charge in [0, 0.05) is 17.6 Å². The minimum Gasteiger partial charge on any atom is -0.454 e. The number of para-hydroxylation sites is 1. The van der Waals surface area contributed by atoms with E-state index in [1.54, 1.807) is 6.29 Å². The van der Waals surface area contributed by atoms with Gasteiger partial charge in [0.15, 0.2) is 11.6 Å². The Kier molecular flexibility index (Phi) is 4.52. The van der Waals surface area contributed by atoms with Gasteiger partial charge in [-0.3, -0.25) is 4.79 Å². The van der Waals surface area contributed by atoms with Crippen LogP contribution in [0.2, 0.25) is 5.15 Å². The van der Waals surface area contributed by atoms with E-state index in [4.69, 9.17) is 16.3 Å². The van der Waals surface area contributed by atoms with Crippen molar-refractivity contribution in [3.63, 3.8) is 0 Å². The number of ether oxygens (including phenoxy) is 1. The van der Waals surface area contributed by atoms with Crippen LogP contribution in [0.3, 0.4) is 0 Å². The maximum absolute atomic E-state index is 14.7. The van der Waals surface area contributed by atoms with Crippen molar-refractivity contribution in [1.29, 1.82) is 0 Å². The van der Waals surface area contributed by atoms with E-state index in [0.717, 1.165) is 11.1 Å². The normalized spacial score (nSPS) is 11.0. The van der Waals surface area contributed by atoms with Crippen LogP contribution in [0.5, 0.6) is 11.5 Å². The highest BCUT2D eigenvalue weighted by molar-refractivity contribution is 6.34. The highest BCUT2D eigenvalue weighted by atomic mass is 35.5. The molecule has 6 nitrogen and oxygen atoms in total. The predicted molar refractivity (Wildman–Crippen MR) is 102 cm³/mol. The molecule has 0 amide bonds.